The molecule has 5 nitrogen and oxygen atoms in total. The van der Waals surface area contributed by atoms with Gasteiger partial charge in [0.2, 0.25) is 0 Å². The molecule has 130 valence electrons. The van der Waals surface area contributed by atoms with Gasteiger partial charge in [-0.3, -0.25) is 0 Å². The first-order valence-electron chi connectivity index (χ1n) is 7.37. The first-order valence-corrected chi connectivity index (χ1v) is 8.14. The van der Waals surface area contributed by atoms with Crippen LogP contribution >= 0.6 is 11.5 Å². The summed E-state index contributed by atoms with van der Waals surface area (Å²) in [6.45, 7) is 5.46. The zero-order valence-electron chi connectivity index (χ0n) is 13.7. The van der Waals surface area contributed by atoms with Gasteiger partial charge in [-0.25, -0.2) is 17.9 Å². The fraction of sp³-hybridized carbons (Fsp3) is 0.375. The average molecular weight is 355 g/mol. The lowest BCUT2D eigenvalue weighted by Crippen LogP contribution is -2.30. The van der Waals surface area contributed by atoms with Crippen molar-refractivity contribution in [2.24, 2.45) is 0 Å². The summed E-state index contributed by atoms with van der Waals surface area (Å²) in [6, 6.07) is 3.37. The van der Waals surface area contributed by atoms with Crippen molar-refractivity contribution in [3.63, 3.8) is 0 Å². The molecule has 0 atom stereocenters. The number of hydrogen-bond donors (Lipinski definition) is 2. The van der Waals surface area contributed by atoms with E-state index in [0.29, 0.717) is 13.0 Å². The molecule has 2 rings (SSSR count). The maximum atomic E-state index is 14.0. The SMILES string of the molecule is CC(C)(C)Oc1c(F)cc(NC(=O)NCCc2ccns2)cc1F. The molecule has 0 spiro atoms. The van der Waals surface area contributed by atoms with Gasteiger partial charge in [-0.15, -0.1) is 0 Å². The number of rotatable bonds is 5. The Hall–Kier alpha value is -2.22. The zero-order chi connectivity index (χ0) is 17.7. The van der Waals surface area contributed by atoms with E-state index in [4.69, 9.17) is 4.74 Å². The van der Waals surface area contributed by atoms with Gasteiger partial charge in [0.1, 0.15) is 5.60 Å². The van der Waals surface area contributed by atoms with Crippen molar-refractivity contribution in [1.82, 2.24) is 9.69 Å². The summed E-state index contributed by atoms with van der Waals surface area (Å²) in [5, 5.41) is 5.01. The Morgan fingerprint density at radius 2 is 1.96 bits per heavy atom. The van der Waals surface area contributed by atoms with Gasteiger partial charge in [0, 0.05) is 41.9 Å². The Morgan fingerprint density at radius 3 is 2.50 bits per heavy atom. The largest absolute Gasteiger partial charge is 0.482 e. The summed E-state index contributed by atoms with van der Waals surface area (Å²) in [7, 11) is 0. The second kappa shape index (κ2) is 7.57. The number of amides is 2. The van der Waals surface area contributed by atoms with Crippen LogP contribution < -0.4 is 15.4 Å². The molecule has 24 heavy (non-hydrogen) atoms. The molecule has 0 radical (unpaired) electrons. The number of ether oxygens (including phenoxy) is 1. The molecule has 0 aliphatic rings. The molecule has 2 N–H and O–H groups in total. The van der Waals surface area contributed by atoms with Crippen molar-refractivity contribution in [3.8, 4) is 5.75 Å². The van der Waals surface area contributed by atoms with Gasteiger partial charge < -0.3 is 15.4 Å². The summed E-state index contributed by atoms with van der Waals surface area (Å²) in [5.41, 5.74) is -0.716. The van der Waals surface area contributed by atoms with Gasteiger partial charge >= 0.3 is 6.03 Å². The molecular weight excluding hydrogens is 336 g/mol. The predicted octanol–water partition coefficient (Wildman–Crippen LogP) is 3.96. The van der Waals surface area contributed by atoms with Gasteiger partial charge in [-0.1, -0.05) is 0 Å². The minimum Gasteiger partial charge on any atom is -0.482 e. The molecule has 8 heteroatoms. The lowest BCUT2D eigenvalue weighted by molar-refractivity contribution is 0.117. The number of carbonyl (C=O) groups is 1. The molecule has 0 aliphatic carbocycles. The minimum atomic E-state index is -0.870. The minimum absolute atomic E-state index is 0.0153. The van der Waals surface area contributed by atoms with Crippen molar-refractivity contribution in [1.29, 1.82) is 0 Å². The molecule has 0 bridgehead atoms. The van der Waals surface area contributed by atoms with Crippen LogP contribution in [0.5, 0.6) is 5.75 Å². The summed E-state index contributed by atoms with van der Waals surface area (Å²) in [6.07, 6.45) is 2.33. The lowest BCUT2D eigenvalue weighted by atomic mass is 10.2. The monoisotopic (exact) mass is 355 g/mol. The third-order valence-corrected chi connectivity index (χ3v) is 3.61. The Bertz CT molecular complexity index is 677. The van der Waals surface area contributed by atoms with Gasteiger partial charge in [0.25, 0.3) is 0 Å². The summed E-state index contributed by atoms with van der Waals surface area (Å²) < 4.78 is 37.2. The van der Waals surface area contributed by atoms with Crippen molar-refractivity contribution in [2.75, 3.05) is 11.9 Å². The normalized spacial score (nSPS) is 11.2. The molecule has 0 aliphatic heterocycles. The van der Waals surface area contributed by atoms with Crippen LogP contribution in [0, 0.1) is 11.6 Å². The Balaban J connectivity index is 1.93. The van der Waals surface area contributed by atoms with Crippen molar-refractivity contribution >= 4 is 23.3 Å². The number of aromatic nitrogens is 1. The second-order valence-corrected chi connectivity index (χ2v) is 7.01. The van der Waals surface area contributed by atoms with Gasteiger partial charge in [0.15, 0.2) is 17.4 Å². The van der Waals surface area contributed by atoms with Crippen LogP contribution in [-0.4, -0.2) is 22.6 Å². The van der Waals surface area contributed by atoms with E-state index in [2.05, 4.69) is 15.0 Å². The highest BCUT2D eigenvalue weighted by Crippen LogP contribution is 2.28. The fourth-order valence-corrected chi connectivity index (χ4v) is 2.45. The Morgan fingerprint density at radius 1 is 1.29 bits per heavy atom. The summed E-state index contributed by atoms with van der Waals surface area (Å²) in [5.74, 6) is -2.20. The molecule has 2 aromatic rings. The molecular formula is C16H19F2N3O2S. The van der Waals surface area contributed by atoms with Crippen LogP contribution in [0.3, 0.4) is 0 Å². The topological polar surface area (TPSA) is 63.2 Å². The summed E-state index contributed by atoms with van der Waals surface area (Å²) in [4.78, 5) is 12.8. The number of halogens is 2. The number of benzene rings is 1. The molecule has 0 saturated heterocycles. The molecule has 1 heterocycles. The number of anilines is 1. The molecule has 2 amide bonds. The average Bonchev–Trinajstić information content (AvgIpc) is 2.95. The lowest BCUT2D eigenvalue weighted by Gasteiger charge is -2.22. The molecule has 0 fully saturated rings. The van der Waals surface area contributed by atoms with Crippen LogP contribution in [0.2, 0.25) is 0 Å². The van der Waals surface area contributed by atoms with E-state index in [1.165, 1.54) is 11.5 Å². The maximum Gasteiger partial charge on any atom is 0.319 e. The van der Waals surface area contributed by atoms with Gasteiger partial charge in [-0.05, 0) is 38.4 Å². The van der Waals surface area contributed by atoms with E-state index in [-0.39, 0.29) is 5.69 Å². The van der Waals surface area contributed by atoms with E-state index in [1.54, 1.807) is 27.0 Å². The highest BCUT2D eigenvalue weighted by molar-refractivity contribution is 7.05. The number of hydrogen-bond acceptors (Lipinski definition) is 4. The number of nitrogens with one attached hydrogen (secondary N) is 2. The number of nitrogens with zero attached hydrogens (tertiary/aromatic N) is 1. The van der Waals surface area contributed by atoms with E-state index < -0.39 is 29.0 Å². The highest BCUT2D eigenvalue weighted by Gasteiger charge is 2.20. The molecule has 0 unspecified atom stereocenters. The van der Waals surface area contributed by atoms with Gasteiger partial charge in [-0.2, -0.15) is 0 Å². The van der Waals surface area contributed by atoms with Crippen LogP contribution in [0.1, 0.15) is 25.6 Å². The smallest absolute Gasteiger partial charge is 0.319 e. The van der Waals surface area contributed by atoms with Crippen molar-refractivity contribution in [3.05, 3.63) is 40.9 Å². The Kier molecular flexibility index (Phi) is 5.71. The maximum absolute atomic E-state index is 14.0. The summed E-state index contributed by atoms with van der Waals surface area (Å²) >= 11 is 1.35. The van der Waals surface area contributed by atoms with Crippen LogP contribution in [0.4, 0.5) is 19.3 Å². The third-order valence-electron chi connectivity index (χ3n) is 2.81. The molecule has 1 aromatic heterocycles. The van der Waals surface area contributed by atoms with E-state index in [1.807, 2.05) is 6.07 Å². The zero-order valence-corrected chi connectivity index (χ0v) is 14.5. The van der Waals surface area contributed by atoms with Crippen molar-refractivity contribution < 1.29 is 18.3 Å². The van der Waals surface area contributed by atoms with Crippen LogP contribution in [0.15, 0.2) is 24.4 Å². The Labute approximate surface area is 143 Å². The van der Waals surface area contributed by atoms with Crippen LogP contribution in [-0.2, 0) is 6.42 Å². The first-order chi connectivity index (χ1) is 11.2. The quantitative estimate of drug-likeness (QED) is 0.853. The predicted molar refractivity (Wildman–Crippen MR) is 89.6 cm³/mol. The molecule has 0 saturated carbocycles. The number of carbonyl (C=O) groups excluding carboxylic acids is 1. The van der Waals surface area contributed by atoms with E-state index in [0.717, 1.165) is 17.0 Å². The standard InChI is InChI=1S/C16H19F2N3O2S/c1-16(2,3)23-14-12(17)8-10(9-13(14)18)21-15(22)19-6-4-11-5-7-20-24-11/h5,7-9H,4,6H2,1-3H3,(H2,19,21,22). The second-order valence-electron chi connectivity index (χ2n) is 6.09. The van der Waals surface area contributed by atoms with E-state index >= 15 is 0 Å². The first kappa shape index (κ1) is 18.1. The molecule has 1 aromatic carbocycles. The fourth-order valence-electron chi connectivity index (χ4n) is 1.88. The van der Waals surface area contributed by atoms with Gasteiger partial charge in [0.05, 0.1) is 0 Å². The van der Waals surface area contributed by atoms with Crippen molar-refractivity contribution in [2.45, 2.75) is 32.8 Å². The van der Waals surface area contributed by atoms with Crippen LogP contribution in [0.25, 0.3) is 0 Å². The third kappa shape index (κ3) is 5.45. The highest BCUT2D eigenvalue weighted by atomic mass is 32.1. The van der Waals surface area contributed by atoms with E-state index in [9.17, 15) is 13.6 Å². The number of urea groups is 1.